The van der Waals surface area contributed by atoms with E-state index in [9.17, 15) is 19.2 Å². The van der Waals surface area contributed by atoms with Crippen LogP contribution >= 0.6 is 0 Å². The van der Waals surface area contributed by atoms with Gasteiger partial charge < -0.3 is 9.47 Å². The number of carbonyl (C=O) groups excluding carboxylic acids is 4. The first-order valence-electron chi connectivity index (χ1n) is 10.3. The molecule has 0 aliphatic carbocycles. The van der Waals surface area contributed by atoms with Gasteiger partial charge in [-0.1, -0.05) is 48.5 Å². The van der Waals surface area contributed by atoms with Crippen LogP contribution in [0.5, 0.6) is 11.5 Å². The monoisotopic (exact) mass is 450 g/mol. The number of para-hydroxylation sites is 1. The summed E-state index contributed by atoms with van der Waals surface area (Å²) in [4.78, 5) is 50.5. The second-order valence-corrected chi connectivity index (χ2v) is 7.84. The third-order valence-corrected chi connectivity index (χ3v) is 6.02. The van der Waals surface area contributed by atoms with Crippen LogP contribution in [0.15, 0.2) is 66.7 Å². The minimum absolute atomic E-state index is 0.0374. The Kier molecular flexibility index (Phi) is 4.14. The predicted octanol–water partition coefficient (Wildman–Crippen LogP) is 2.77. The Balaban J connectivity index is 1.57. The number of allylic oxidation sites excluding steroid dienone is 1. The average molecular weight is 450 g/mol. The molecule has 3 aliphatic heterocycles. The van der Waals surface area contributed by atoms with Crippen LogP contribution in [0.25, 0.3) is 22.3 Å². The second kappa shape index (κ2) is 7.09. The summed E-state index contributed by atoms with van der Waals surface area (Å²) in [5.41, 5.74) is 2.53. The number of hydrogen-bond acceptors (Lipinski definition) is 7. The van der Waals surface area contributed by atoms with E-state index in [2.05, 4.69) is 0 Å². The lowest BCUT2D eigenvalue weighted by Gasteiger charge is -2.07. The van der Waals surface area contributed by atoms with E-state index >= 15 is 0 Å². The Morgan fingerprint density at radius 1 is 0.765 bits per heavy atom. The zero-order valence-electron chi connectivity index (χ0n) is 17.4. The number of hydrogen-bond donors (Lipinski definition) is 1. The van der Waals surface area contributed by atoms with E-state index in [1.54, 1.807) is 54.6 Å². The van der Waals surface area contributed by atoms with E-state index in [-0.39, 0.29) is 33.8 Å². The van der Waals surface area contributed by atoms with Crippen molar-refractivity contribution < 1.29 is 28.7 Å². The summed E-state index contributed by atoms with van der Waals surface area (Å²) in [7, 11) is 0. The van der Waals surface area contributed by atoms with Crippen LogP contribution in [0.1, 0.15) is 22.3 Å². The van der Waals surface area contributed by atoms with Crippen molar-refractivity contribution in [1.82, 2.24) is 0 Å². The van der Waals surface area contributed by atoms with Crippen molar-refractivity contribution in [3.05, 3.63) is 89.0 Å². The fraction of sp³-hybridized carbons (Fsp3) is 0. The lowest BCUT2D eigenvalue weighted by molar-refractivity contribution is -0.127. The number of ether oxygens (including phenoxy) is 2. The Morgan fingerprint density at radius 2 is 1.41 bits per heavy atom. The Bertz CT molecular complexity index is 1530. The molecule has 34 heavy (non-hydrogen) atoms. The molecule has 1 amide bonds. The van der Waals surface area contributed by atoms with Gasteiger partial charge in [-0.15, -0.1) is 0 Å². The summed E-state index contributed by atoms with van der Waals surface area (Å²) in [5, 5.41) is 0.980. The van der Waals surface area contributed by atoms with Gasteiger partial charge in [0.25, 0.3) is 5.91 Å². The van der Waals surface area contributed by atoms with Crippen LogP contribution in [0.3, 0.4) is 0 Å². The number of carbonyl (C=O) groups is 4. The van der Waals surface area contributed by atoms with Crippen molar-refractivity contribution in [1.29, 1.82) is 0 Å². The Morgan fingerprint density at radius 3 is 2.18 bits per heavy atom. The van der Waals surface area contributed by atoms with Crippen molar-refractivity contribution >= 4 is 52.1 Å². The molecule has 0 radical (unpaired) electrons. The molecule has 8 heteroatoms. The Hall–Kier alpha value is -4.82. The quantitative estimate of drug-likeness (QED) is 0.159. The third kappa shape index (κ3) is 2.63. The number of hydrazine groups is 1. The van der Waals surface area contributed by atoms with Gasteiger partial charge in [-0.2, -0.15) is 0 Å². The van der Waals surface area contributed by atoms with Crippen molar-refractivity contribution in [3.63, 3.8) is 0 Å². The zero-order valence-corrected chi connectivity index (χ0v) is 17.4. The molecule has 8 nitrogen and oxygen atoms in total. The highest BCUT2D eigenvalue weighted by Crippen LogP contribution is 2.49. The molecule has 3 heterocycles. The minimum Gasteiger partial charge on any atom is -0.422 e. The summed E-state index contributed by atoms with van der Waals surface area (Å²) in [6.07, 6.45) is 0.595. The molecule has 3 aromatic carbocycles. The molecular formula is C26H14N2O6. The van der Waals surface area contributed by atoms with E-state index in [1.807, 2.05) is 0 Å². The van der Waals surface area contributed by atoms with E-state index in [1.165, 1.54) is 12.1 Å². The SMILES string of the molecule is NN1C(=O)/C(=C2/C(=O)Oc3cc4c(cc32)OC(=O)/C4=C(/C=O)c2ccccc2)c2ccccc21. The largest absolute Gasteiger partial charge is 0.422 e. The molecule has 0 bridgehead atoms. The number of nitrogens with two attached hydrogens (primary N) is 1. The zero-order chi connectivity index (χ0) is 23.6. The van der Waals surface area contributed by atoms with Crippen LogP contribution < -0.4 is 20.3 Å². The molecule has 3 aromatic rings. The number of anilines is 1. The minimum atomic E-state index is -0.720. The smallest absolute Gasteiger partial charge is 0.345 e. The van der Waals surface area contributed by atoms with Crippen molar-refractivity contribution in [3.8, 4) is 11.5 Å². The number of esters is 2. The lowest BCUT2D eigenvalue weighted by Crippen LogP contribution is -2.33. The third-order valence-electron chi connectivity index (χ3n) is 6.02. The van der Waals surface area contributed by atoms with Crippen LogP contribution in [0, 0.1) is 0 Å². The summed E-state index contributed by atoms with van der Waals surface area (Å²) >= 11 is 0. The molecule has 0 aromatic heterocycles. The molecule has 0 atom stereocenters. The maximum atomic E-state index is 12.9. The first-order chi connectivity index (χ1) is 16.5. The molecule has 0 saturated heterocycles. The lowest BCUT2D eigenvalue weighted by atomic mass is 9.92. The molecule has 0 fully saturated rings. The molecule has 3 aliphatic rings. The van der Waals surface area contributed by atoms with Gasteiger partial charge >= 0.3 is 11.9 Å². The standard InChI is InChI=1S/C26H14N2O6/c27-28-18-9-5-4-8-14(18)22(24(28)30)23-16-11-19-15(10-20(16)34-26(23)32)21(25(31)33-19)17(12-29)13-6-2-1-3-7-13/h1-12H,27H2/b21-17-,23-22+. The van der Waals surface area contributed by atoms with Gasteiger partial charge in [0.05, 0.1) is 22.4 Å². The van der Waals surface area contributed by atoms with E-state index in [4.69, 9.17) is 15.3 Å². The fourth-order valence-corrected chi connectivity index (χ4v) is 4.50. The molecule has 0 spiro atoms. The van der Waals surface area contributed by atoms with Crippen LogP contribution in [0.2, 0.25) is 0 Å². The van der Waals surface area contributed by atoms with Gasteiger partial charge in [-0.05, 0) is 23.8 Å². The molecule has 0 saturated carbocycles. The molecule has 0 unspecified atom stereocenters. The van der Waals surface area contributed by atoms with E-state index < -0.39 is 17.8 Å². The highest BCUT2D eigenvalue weighted by atomic mass is 16.5. The highest BCUT2D eigenvalue weighted by Gasteiger charge is 2.42. The summed E-state index contributed by atoms with van der Waals surface area (Å²) < 4.78 is 10.9. The van der Waals surface area contributed by atoms with Crippen LogP contribution in [-0.4, -0.2) is 24.1 Å². The Labute approximate surface area is 192 Å². The van der Waals surface area contributed by atoms with E-state index in [0.717, 1.165) is 5.01 Å². The van der Waals surface area contributed by atoms with Gasteiger partial charge in [0.2, 0.25) is 0 Å². The van der Waals surface area contributed by atoms with Gasteiger partial charge in [0.1, 0.15) is 11.5 Å². The number of rotatable bonds is 2. The first-order valence-corrected chi connectivity index (χ1v) is 10.3. The second-order valence-electron chi connectivity index (χ2n) is 7.84. The maximum absolute atomic E-state index is 12.9. The van der Waals surface area contributed by atoms with Crippen molar-refractivity contribution in [2.45, 2.75) is 0 Å². The summed E-state index contributed by atoms with van der Waals surface area (Å²) in [6.45, 7) is 0. The van der Waals surface area contributed by atoms with Gasteiger partial charge in [-0.25, -0.2) is 20.4 Å². The number of nitrogens with zero attached hydrogens (tertiary/aromatic N) is 1. The first kappa shape index (κ1) is 19.8. The van der Waals surface area contributed by atoms with Crippen LogP contribution in [-0.2, 0) is 19.2 Å². The topological polar surface area (TPSA) is 116 Å². The predicted molar refractivity (Wildman–Crippen MR) is 122 cm³/mol. The number of fused-ring (bicyclic) bond motifs is 3. The van der Waals surface area contributed by atoms with Gasteiger partial charge in [-0.3, -0.25) is 9.59 Å². The molecule has 164 valence electrons. The van der Waals surface area contributed by atoms with Gasteiger partial charge in [0, 0.05) is 22.3 Å². The number of aldehydes is 1. The van der Waals surface area contributed by atoms with Gasteiger partial charge in [0.15, 0.2) is 6.29 Å². The molecular weight excluding hydrogens is 436 g/mol. The van der Waals surface area contributed by atoms with E-state index in [0.29, 0.717) is 34.2 Å². The summed E-state index contributed by atoms with van der Waals surface area (Å²) in [5.74, 6) is 4.28. The van der Waals surface area contributed by atoms with Crippen LogP contribution in [0.4, 0.5) is 5.69 Å². The van der Waals surface area contributed by atoms with Crippen molar-refractivity contribution in [2.75, 3.05) is 5.01 Å². The normalized spacial score (nSPS) is 19.4. The number of amides is 1. The molecule has 2 N–H and O–H groups in total. The average Bonchev–Trinajstić information content (AvgIpc) is 3.42. The number of benzene rings is 3. The molecule has 6 rings (SSSR count). The highest BCUT2D eigenvalue weighted by molar-refractivity contribution is 6.46. The summed E-state index contributed by atoms with van der Waals surface area (Å²) in [6, 6.07) is 18.5. The fourth-order valence-electron chi connectivity index (χ4n) is 4.50. The van der Waals surface area contributed by atoms with Crippen molar-refractivity contribution in [2.24, 2.45) is 5.84 Å². The maximum Gasteiger partial charge on any atom is 0.345 e.